The van der Waals surface area contributed by atoms with Crippen LogP contribution < -0.4 is 10.1 Å². The molecule has 0 saturated carbocycles. The van der Waals surface area contributed by atoms with Crippen LogP contribution in [0.1, 0.15) is 13.8 Å². The first-order valence-corrected chi connectivity index (χ1v) is 8.28. The van der Waals surface area contributed by atoms with Crippen LogP contribution in [-0.4, -0.2) is 49.9 Å². The summed E-state index contributed by atoms with van der Waals surface area (Å²) in [5, 5.41) is 14.3. The van der Waals surface area contributed by atoms with Crippen LogP contribution in [0.15, 0.2) is 23.1 Å². The van der Waals surface area contributed by atoms with Gasteiger partial charge in [0.15, 0.2) is 5.75 Å². The van der Waals surface area contributed by atoms with Gasteiger partial charge in [-0.1, -0.05) is 0 Å². The number of nitro groups is 1. The molecule has 2 rings (SSSR count). The molecule has 1 saturated heterocycles. The highest BCUT2D eigenvalue weighted by Gasteiger charge is 2.32. The van der Waals surface area contributed by atoms with E-state index in [2.05, 4.69) is 5.32 Å². The number of hydrogen-bond acceptors (Lipinski definition) is 6. The maximum Gasteiger partial charge on any atom is 0.312 e. The number of nitrogens with zero attached hydrogens (tertiary/aromatic N) is 2. The Morgan fingerprint density at radius 3 is 2.35 bits per heavy atom. The molecule has 1 aliphatic rings. The van der Waals surface area contributed by atoms with Crippen molar-refractivity contribution < 1.29 is 18.1 Å². The van der Waals surface area contributed by atoms with Crippen molar-refractivity contribution in [1.82, 2.24) is 9.62 Å². The van der Waals surface area contributed by atoms with Gasteiger partial charge in [0.25, 0.3) is 0 Å². The van der Waals surface area contributed by atoms with Crippen LogP contribution in [0.2, 0.25) is 0 Å². The number of halogens is 1. The number of piperazine rings is 1. The summed E-state index contributed by atoms with van der Waals surface area (Å²) in [4.78, 5) is 10.3. The van der Waals surface area contributed by atoms with Crippen LogP contribution in [0.4, 0.5) is 5.69 Å². The average Bonchev–Trinajstić information content (AvgIpc) is 2.45. The van der Waals surface area contributed by atoms with Gasteiger partial charge in [-0.25, -0.2) is 8.42 Å². The smallest absolute Gasteiger partial charge is 0.312 e. The minimum Gasteiger partial charge on any atom is -0.490 e. The van der Waals surface area contributed by atoms with E-state index in [0.29, 0.717) is 13.1 Å². The molecule has 1 aliphatic heterocycles. The summed E-state index contributed by atoms with van der Waals surface area (Å²) < 4.78 is 31.6. The summed E-state index contributed by atoms with van der Waals surface area (Å²) in [6, 6.07) is 3.72. The third-order valence-electron chi connectivity index (χ3n) is 3.51. The molecule has 0 aliphatic carbocycles. The summed E-state index contributed by atoms with van der Waals surface area (Å²) in [7, 11) is -2.47. The van der Waals surface area contributed by atoms with Crippen LogP contribution in [0, 0.1) is 10.1 Å². The molecular weight excluding hydrogens is 346 g/mol. The molecule has 8 nitrogen and oxygen atoms in total. The van der Waals surface area contributed by atoms with E-state index in [4.69, 9.17) is 4.74 Å². The van der Waals surface area contributed by atoms with Gasteiger partial charge >= 0.3 is 5.69 Å². The number of benzene rings is 1. The number of nitrogens with one attached hydrogen (secondary N) is 1. The Kier molecular flexibility index (Phi) is 6.34. The lowest BCUT2D eigenvalue weighted by molar-refractivity contribution is -0.386. The molecule has 10 heteroatoms. The highest BCUT2D eigenvalue weighted by atomic mass is 35.5. The van der Waals surface area contributed by atoms with E-state index in [1.54, 1.807) is 0 Å². The van der Waals surface area contributed by atoms with E-state index >= 15 is 0 Å². The van der Waals surface area contributed by atoms with Crippen molar-refractivity contribution >= 4 is 28.1 Å². The van der Waals surface area contributed by atoms with Crippen LogP contribution in [0.25, 0.3) is 0 Å². The Morgan fingerprint density at radius 1 is 1.30 bits per heavy atom. The maximum absolute atomic E-state index is 12.7. The first-order valence-electron chi connectivity index (χ1n) is 6.84. The van der Waals surface area contributed by atoms with Crippen LogP contribution in [0.5, 0.6) is 5.75 Å². The zero-order chi connectivity index (χ0) is 16.5. The molecule has 0 bridgehead atoms. The van der Waals surface area contributed by atoms with Gasteiger partial charge < -0.3 is 10.1 Å². The molecular formula is C13H20ClN3O5S. The second-order valence-electron chi connectivity index (χ2n) is 5.38. The Morgan fingerprint density at radius 2 is 1.87 bits per heavy atom. The monoisotopic (exact) mass is 365 g/mol. The molecule has 0 radical (unpaired) electrons. The molecule has 1 heterocycles. The fraction of sp³-hybridized carbons (Fsp3) is 0.538. The summed E-state index contributed by atoms with van der Waals surface area (Å²) in [6.45, 7) is 4.45. The molecule has 1 N–H and O–H groups in total. The zero-order valence-corrected chi connectivity index (χ0v) is 14.7. The summed E-state index contributed by atoms with van der Waals surface area (Å²) >= 11 is 0. The minimum atomic E-state index is -3.78. The summed E-state index contributed by atoms with van der Waals surface area (Å²) in [5.74, 6) is 0.0333. The van der Waals surface area contributed by atoms with Gasteiger partial charge in [-0.3, -0.25) is 10.1 Å². The van der Waals surface area contributed by atoms with Gasteiger partial charge in [-0.2, -0.15) is 4.31 Å². The van der Waals surface area contributed by atoms with Crippen molar-refractivity contribution in [2.24, 2.45) is 0 Å². The van der Waals surface area contributed by atoms with E-state index in [-0.39, 0.29) is 40.8 Å². The lowest BCUT2D eigenvalue weighted by Crippen LogP contribution is -2.55. The first-order chi connectivity index (χ1) is 10.3. The Bertz CT molecular complexity index is 672. The topological polar surface area (TPSA) is 102 Å². The van der Waals surface area contributed by atoms with Crippen molar-refractivity contribution in [1.29, 1.82) is 0 Å². The quantitative estimate of drug-likeness (QED) is 0.639. The SMILES string of the molecule is COc1ccc(S(=O)(=O)N2CC(C)NC(C)C2)cc1[N+](=O)[O-].Cl. The van der Waals surface area contributed by atoms with Gasteiger partial charge in [0.1, 0.15) is 0 Å². The molecule has 0 spiro atoms. The lowest BCUT2D eigenvalue weighted by Gasteiger charge is -2.35. The first kappa shape index (κ1) is 19.6. The third-order valence-corrected chi connectivity index (χ3v) is 5.34. The Hall–Kier alpha value is -1.42. The van der Waals surface area contributed by atoms with Crippen LogP contribution in [-0.2, 0) is 10.0 Å². The van der Waals surface area contributed by atoms with Gasteiger partial charge in [-0.15, -0.1) is 12.4 Å². The van der Waals surface area contributed by atoms with Crippen molar-refractivity contribution in [3.63, 3.8) is 0 Å². The van der Waals surface area contributed by atoms with Crippen molar-refractivity contribution in [3.8, 4) is 5.75 Å². The van der Waals surface area contributed by atoms with Crippen LogP contribution >= 0.6 is 12.4 Å². The second kappa shape index (κ2) is 7.43. The minimum absolute atomic E-state index is 0. The third kappa shape index (κ3) is 4.11. The fourth-order valence-electron chi connectivity index (χ4n) is 2.59. The molecule has 1 aromatic rings. The molecule has 1 fully saturated rings. The number of methoxy groups -OCH3 is 1. The van der Waals surface area contributed by atoms with Gasteiger partial charge in [-0.05, 0) is 26.0 Å². The van der Waals surface area contributed by atoms with E-state index in [1.807, 2.05) is 13.8 Å². The van der Waals surface area contributed by atoms with Crippen LogP contribution in [0.3, 0.4) is 0 Å². The van der Waals surface area contributed by atoms with Gasteiger partial charge in [0, 0.05) is 31.2 Å². The van der Waals surface area contributed by atoms with Crippen molar-refractivity contribution in [3.05, 3.63) is 28.3 Å². The van der Waals surface area contributed by atoms with Crippen molar-refractivity contribution in [2.75, 3.05) is 20.2 Å². The largest absolute Gasteiger partial charge is 0.490 e. The number of rotatable bonds is 4. The molecule has 23 heavy (non-hydrogen) atoms. The van der Waals surface area contributed by atoms with Crippen molar-refractivity contribution in [2.45, 2.75) is 30.8 Å². The predicted molar refractivity (Wildman–Crippen MR) is 87.7 cm³/mol. The lowest BCUT2D eigenvalue weighted by atomic mass is 10.2. The zero-order valence-electron chi connectivity index (χ0n) is 13.1. The van der Waals surface area contributed by atoms with Gasteiger partial charge in [0.2, 0.25) is 10.0 Å². The molecule has 0 aromatic heterocycles. The standard InChI is InChI=1S/C13H19N3O5S.ClH/c1-9-7-15(8-10(2)14-9)22(19,20)11-4-5-13(21-3)12(6-11)16(17)18;/h4-6,9-10,14H,7-8H2,1-3H3;1H. The highest BCUT2D eigenvalue weighted by Crippen LogP contribution is 2.30. The number of hydrogen-bond donors (Lipinski definition) is 1. The van der Waals surface area contributed by atoms with Gasteiger partial charge in [0.05, 0.1) is 16.9 Å². The Balaban J connectivity index is 0.00000264. The number of ether oxygens (including phenoxy) is 1. The van der Waals surface area contributed by atoms with E-state index in [0.717, 1.165) is 6.07 Å². The fourth-order valence-corrected chi connectivity index (χ4v) is 4.23. The Labute approximate surface area is 141 Å². The number of sulfonamides is 1. The number of nitro benzene ring substituents is 1. The van der Waals surface area contributed by atoms with E-state index < -0.39 is 14.9 Å². The van der Waals surface area contributed by atoms with E-state index in [9.17, 15) is 18.5 Å². The molecule has 2 unspecified atom stereocenters. The molecule has 1 aromatic carbocycles. The molecule has 0 amide bonds. The maximum atomic E-state index is 12.7. The summed E-state index contributed by atoms with van der Waals surface area (Å²) in [6.07, 6.45) is 0. The summed E-state index contributed by atoms with van der Waals surface area (Å²) in [5.41, 5.74) is -0.361. The highest BCUT2D eigenvalue weighted by molar-refractivity contribution is 7.89. The second-order valence-corrected chi connectivity index (χ2v) is 7.32. The molecule has 2 atom stereocenters. The normalized spacial score (nSPS) is 22.2. The average molecular weight is 366 g/mol. The molecule has 130 valence electrons. The van der Waals surface area contributed by atoms with E-state index in [1.165, 1.54) is 23.5 Å². The predicted octanol–water partition coefficient (Wildman–Crippen LogP) is 1.40.